The molecule has 0 fully saturated rings. The number of aliphatic hydroxyl groups excluding tert-OH is 2. The Kier molecular flexibility index (Phi) is 50.1. The van der Waals surface area contributed by atoms with Crippen LogP contribution in [0.2, 0.25) is 0 Å². The standard InChI is InChI=1S/C56H105NO5/c1-3-5-7-9-11-13-14-15-16-17-21-24-27-30-34-38-42-46-50-56(61)62-51-47-43-39-35-31-28-25-22-19-18-20-23-26-29-33-37-41-45-49-55(60)57-53(52-58)54(59)48-44-40-36-32-12-10-8-6-4-2/h13-14,16-17,20,23,53-54,58-59H,3-12,15,18-19,21-22,24-52H2,1-2H3,(H,57,60)/b14-13-,17-16-,23-20-. The fourth-order valence-corrected chi connectivity index (χ4v) is 8.19. The summed E-state index contributed by atoms with van der Waals surface area (Å²) in [7, 11) is 0. The first-order chi connectivity index (χ1) is 30.5. The van der Waals surface area contributed by atoms with E-state index in [1.807, 2.05) is 0 Å². The van der Waals surface area contributed by atoms with E-state index in [1.54, 1.807) is 0 Å². The van der Waals surface area contributed by atoms with Crippen LogP contribution >= 0.6 is 0 Å². The number of hydrogen-bond acceptors (Lipinski definition) is 5. The predicted octanol–water partition coefficient (Wildman–Crippen LogP) is 16.5. The van der Waals surface area contributed by atoms with Crippen LogP contribution in [0.3, 0.4) is 0 Å². The number of aliphatic hydroxyl groups is 2. The van der Waals surface area contributed by atoms with Gasteiger partial charge in [-0.05, 0) is 83.5 Å². The zero-order valence-corrected chi connectivity index (χ0v) is 41.4. The van der Waals surface area contributed by atoms with E-state index in [1.165, 1.54) is 186 Å². The molecule has 364 valence electrons. The molecule has 1 amide bonds. The summed E-state index contributed by atoms with van der Waals surface area (Å²) in [6, 6.07) is -0.550. The third-order valence-electron chi connectivity index (χ3n) is 12.4. The molecule has 2 atom stereocenters. The number of rotatable bonds is 50. The molecule has 0 radical (unpaired) electrons. The normalized spacial score (nSPS) is 12.9. The molecule has 62 heavy (non-hydrogen) atoms. The van der Waals surface area contributed by atoms with Crippen LogP contribution in [0.4, 0.5) is 0 Å². The van der Waals surface area contributed by atoms with Crippen LogP contribution in [0, 0.1) is 0 Å². The molecule has 0 aromatic heterocycles. The molecule has 2 unspecified atom stereocenters. The largest absolute Gasteiger partial charge is 0.466 e. The number of esters is 1. The number of amides is 1. The van der Waals surface area contributed by atoms with Gasteiger partial charge in [0, 0.05) is 12.8 Å². The Morgan fingerprint density at radius 1 is 0.452 bits per heavy atom. The van der Waals surface area contributed by atoms with Gasteiger partial charge in [-0.2, -0.15) is 0 Å². The van der Waals surface area contributed by atoms with Gasteiger partial charge < -0.3 is 20.3 Å². The van der Waals surface area contributed by atoms with Crippen molar-refractivity contribution in [3.05, 3.63) is 36.5 Å². The minimum Gasteiger partial charge on any atom is -0.466 e. The maximum absolute atomic E-state index is 12.4. The first kappa shape index (κ1) is 60.1. The molecule has 6 heteroatoms. The maximum Gasteiger partial charge on any atom is 0.305 e. The molecule has 0 rings (SSSR count). The number of hydrogen-bond donors (Lipinski definition) is 3. The van der Waals surface area contributed by atoms with Gasteiger partial charge >= 0.3 is 5.97 Å². The summed E-state index contributed by atoms with van der Waals surface area (Å²) in [5.74, 6) is -0.0576. The number of nitrogens with one attached hydrogen (secondary N) is 1. The van der Waals surface area contributed by atoms with Crippen molar-refractivity contribution in [2.24, 2.45) is 0 Å². The van der Waals surface area contributed by atoms with Crippen molar-refractivity contribution in [1.29, 1.82) is 0 Å². The summed E-state index contributed by atoms with van der Waals surface area (Å²) in [6.45, 7) is 4.89. The number of carbonyl (C=O) groups excluding carboxylic acids is 2. The summed E-state index contributed by atoms with van der Waals surface area (Å²) in [6.07, 6.45) is 62.7. The molecule has 0 aromatic rings. The average Bonchev–Trinajstić information content (AvgIpc) is 3.27. The molecule has 0 aliphatic rings. The first-order valence-electron chi connectivity index (χ1n) is 27.2. The first-order valence-corrected chi connectivity index (χ1v) is 27.2. The van der Waals surface area contributed by atoms with Crippen LogP contribution in [0.15, 0.2) is 36.5 Å². The van der Waals surface area contributed by atoms with Gasteiger partial charge in [0.2, 0.25) is 5.91 Å². The van der Waals surface area contributed by atoms with E-state index in [-0.39, 0.29) is 18.5 Å². The molecule has 0 aliphatic heterocycles. The van der Waals surface area contributed by atoms with E-state index < -0.39 is 12.1 Å². The lowest BCUT2D eigenvalue weighted by Gasteiger charge is -2.22. The predicted molar refractivity (Wildman–Crippen MR) is 269 cm³/mol. The van der Waals surface area contributed by atoms with Gasteiger partial charge in [0.25, 0.3) is 0 Å². The highest BCUT2D eigenvalue weighted by Gasteiger charge is 2.20. The van der Waals surface area contributed by atoms with Gasteiger partial charge in [-0.1, -0.05) is 224 Å². The third-order valence-corrected chi connectivity index (χ3v) is 12.4. The highest BCUT2D eigenvalue weighted by molar-refractivity contribution is 5.76. The van der Waals surface area contributed by atoms with Gasteiger partial charge in [-0.3, -0.25) is 9.59 Å². The molecule has 0 aliphatic carbocycles. The van der Waals surface area contributed by atoms with Crippen LogP contribution < -0.4 is 5.32 Å². The lowest BCUT2D eigenvalue weighted by atomic mass is 10.0. The van der Waals surface area contributed by atoms with Crippen molar-refractivity contribution in [1.82, 2.24) is 5.32 Å². The monoisotopic (exact) mass is 872 g/mol. The number of unbranched alkanes of at least 4 members (excludes halogenated alkanes) is 33. The minimum absolute atomic E-state index is 0.00497. The van der Waals surface area contributed by atoms with Crippen LogP contribution in [0.5, 0.6) is 0 Å². The Hall–Kier alpha value is -1.92. The lowest BCUT2D eigenvalue weighted by Crippen LogP contribution is -2.45. The molecule has 0 bridgehead atoms. The van der Waals surface area contributed by atoms with Crippen LogP contribution in [-0.2, 0) is 14.3 Å². The van der Waals surface area contributed by atoms with E-state index in [0.29, 0.717) is 25.9 Å². The van der Waals surface area contributed by atoms with Crippen molar-refractivity contribution in [3.8, 4) is 0 Å². The van der Waals surface area contributed by atoms with E-state index in [4.69, 9.17) is 4.74 Å². The average molecular weight is 872 g/mol. The topological polar surface area (TPSA) is 95.9 Å². The third kappa shape index (κ3) is 47.6. The number of carbonyl (C=O) groups is 2. The zero-order valence-electron chi connectivity index (χ0n) is 41.4. The van der Waals surface area contributed by atoms with E-state index in [9.17, 15) is 19.8 Å². The fraction of sp³-hybridized carbons (Fsp3) is 0.857. The highest BCUT2D eigenvalue weighted by Crippen LogP contribution is 2.16. The minimum atomic E-state index is -0.671. The zero-order chi connectivity index (χ0) is 45.1. The Morgan fingerprint density at radius 3 is 1.26 bits per heavy atom. The Labute approximate surface area is 385 Å². The van der Waals surface area contributed by atoms with Crippen LogP contribution in [0.1, 0.15) is 284 Å². The second-order valence-corrected chi connectivity index (χ2v) is 18.6. The summed E-state index contributed by atoms with van der Waals surface area (Å²) in [4.78, 5) is 24.4. The molecule has 0 saturated heterocycles. The second kappa shape index (κ2) is 51.7. The smallest absolute Gasteiger partial charge is 0.305 e. The second-order valence-electron chi connectivity index (χ2n) is 18.6. The van der Waals surface area contributed by atoms with Crippen LogP contribution in [0.25, 0.3) is 0 Å². The molecule has 3 N–H and O–H groups in total. The molecule has 0 heterocycles. The Bertz CT molecular complexity index is 1010. The Balaban J connectivity index is 3.42. The van der Waals surface area contributed by atoms with E-state index in [2.05, 4.69) is 55.6 Å². The van der Waals surface area contributed by atoms with Crippen molar-refractivity contribution in [3.63, 3.8) is 0 Å². The van der Waals surface area contributed by atoms with Gasteiger partial charge in [0.05, 0.1) is 25.4 Å². The Morgan fingerprint density at radius 2 is 0.806 bits per heavy atom. The van der Waals surface area contributed by atoms with Gasteiger partial charge in [0.15, 0.2) is 0 Å². The number of allylic oxidation sites excluding steroid dienone is 6. The summed E-state index contributed by atoms with van der Waals surface area (Å²) >= 11 is 0. The quantitative estimate of drug-likeness (QED) is 0.0321. The lowest BCUT2D eigenvalue weighted by molar-refractivity contribution is -0.143. The van der Waals surface area contributed by atoms with Crippen molar-refractivity contribution >= 4 is 11.9 Å². The molecular weight excluding hydrogens is 767 g/mol. The van der Waals surface area contributed by atoms with Gasteiger partial charge in [-0.25, -0.2) is 0 Å². The molecule has 6 nitrogen and oxygen atoms in total. The fourth-order valence-electron chi connectivity index (χ4n) is 8.19. The van der Waals surface area contributed by atoms with Crippen molar-refractivity contribution in [2.75, 3.05) is 13.2 Å². The maximum atomic E-state index is 12.4. The molecule has 0 spiro atoms. The summed E-state index contributed by atoms with van der Waals surface area (Å²) in [5.41, 5.74) is 0. The highest BCUT2D eigenvalue weighted by atomic mass is 16.5. The van der Waals surface area contributed by atoms with Gasteiger partial charge in [0.1, 0.15) is 0 Å². The van der Waals surface area contributed by atoms with Gasteiger partial charge in [-0.15, -0.1) is 0 Å². The van der Waals surface area contributed by atoms with Crippen molar-refractivity contribution < 1.29 is 24.5 Å². The SMILES string of the molecule is CCCCCC/C=C\C/C=C\CCCCCCCCCC(=O)OCCCCCCCCCCC/C=C\CCCCCCCC(=O)NC(CO)C(O)CCCCCCCCCCC. The van der Waals surface area contributed by atoms with E-state index in [0.717, 1.165) is 64.2 Å². The number of ether oxygens (including phenoxy) is 1. The summed E-state index contributed by atoms with van der Waals surface area (Å²) < 4.78 is 5.48. The molecular formula is C56H105NO5. The molecule has 0 saturated carbocycles. The summed E-state index contributed by atoms with van der Waals surface area (Å²) in [5, 5.41) is 23.1. The molecule has 0 aromatic carbocycles. The van der Waals surface area contributed by atoms with Crippen molar-refractivity contribution in [2.45, 2.75) is 296 Å². The van der Waals surface area contributed by atoms with E-state index >= 15 is 0 Å². The van der Waals surface area contributed by atoms with Crippen LogP contribution in [-0.4, -0.2) is 47.4 Å².